The molecule has 0 bridgehead atoms. The molecule has 1 aliphatic carbocycles. The van der Waals surface area contributed by atoms with E-state index in [2.05, 4.69) is 32.2 Å². The van der Waals surface area contributed by atoms with Crippen LogP contribution in [-0.4, -0.2) is 59.3 Å². The highest BCUT2D eigenvalue weighted by Crippen LogP contribution is 2.43. The first-order valence-electron chi connectivity index (χ1n) is 9.27. The van der Waals surface area contributed by atoms with Gasteiger partial charge in [-0.15, -0.1) is 0 Å². The van der Waals surface area contributed by atoms with Gasteiger partial charge >= 0.3 is 0 Å². The first-order chi connectivity index (χ1) is 12.7. The molecule has 2 heterocycles. The Morgan fingerprint density at radius 2 is 1.81 bits per heavy atom. The third-order valence-electron chi connectivity index (χ3n) is 5.78. The van der Waals surface area contributed by atoms with E-state index in [0.717, 1.165) is 69.1 Å². The molecular formula is C19H25N5O2. The van der Waals surface area contributed by atoms with Crippen molar-refractivity contribution >= 4 is 11.9 Å². The van der Waals surface area contributed by atoms with Gasteiger partial charge in [-0.2, -0.15) is 10.1 Å². The van der Waals surface area contributed by atoms with Gasteiger partial charge < -0.3 is 14.5 Å². The summed E-state index contributed by atoms with van der Waals surface area (Å²) in [5.74, 6) is 1.88. The zero-order valence-electron chi connectivity index (χ0n) is 15.1. The molecule has 1 amide bonds. The molecule has 4 rings (SSSR count). The monoisotopic (exact) mass is 355 g/mol. The predicted molar refractivity (Wildman–Crippen MR) is 98.3 cm³/mol. The number of hydrogen-bond donors (Lipinski definition) is 1. The molecule has 0 unspecified atom stereocenters. The second-order valence-electron chi connectivity index (χ2n) is 7.11. The van der Waals surface area contributed by atoms with Crippen LogP contribution in [-0.2, 0) is 10.2 Å². The number of hydrogen-bond acceptors (Lipinski definition) is 5. The summed E-state index contributed by atoms with van der Waals surface area (Å²) in [6.07, 6.45) is 5.59. The van der Waals surface area contributed by atoms with Crippen molar-refractivity contribution < 1.29 is 9.53 Å². The molecule has 0 radical (unpaired) electrons. The van der Waals surface area contributed by atoms with Crippen LogP contribution in [0.3, 0.4) is 0 Å². The lowest BCUT2D eigenvalue weighted by Crippen LogP contribution is -2.54. The van der Waals surface area contributed by atoms with Crippen molar-refractivity contribution in [2.45, 2.75) is 31.1 Å². The Bertz CT molecular complexity index is 730. The highest BCUT2D eigenvalue weighted by Gasteiger charge is 2.45. The van der Waals surface area contributed by atoms with E-state index in [1.807, 2.05) is 17.0 Å². The molecule has 7 heteroatoms. The van der Waals surface area contributed by atoms with E-state index in [-0.39, 0.29) is 11.3 Å². The van der Waals surface area contributed by atoms with Crippen LogP contribution >= 0.6 is 0 Å². The van der Waals surface area contributed by atoms with Crippen LogP contribution in [0, 0.1) is 0 Å². The zero-order valence-corrected chi connectivity index (χ0v) is 15.1. The average Bonchev–Trinajstić information content (AvgIpc) is 3.40. The van der Waals surface area contributed by atoms with Crippen LogP contribution in [0.1, 0.15) is 31.2 Å². The SMILES string of the molecule is COc1ccc(C2(C(=O)N3CCN(c4ncn[nH]4)CC3)CCCC2)cc1. The first kappa shape index (κ1) is 16.9. The number of carbonyl (C=O) groups excluding carboxylic acids is 1. The molecule has 7 nitrogen and oxygen atoms in total. The summed E-state index contributed by atoms with van der Waals surface area (Å²) in [5, 5.41) is 6.81. The normalized spacial score (nSPS) is 19.6. The van der Waals surface area contributed by atoms with Gasteiger partial charge in [0.15, 0.2) is 0 Å². The van der Waals surface area contributed by atoms with Crippen molar-refractivity contribution in [2.75, 3.05) is 38.2 Å². The molecule has 1 aliphatic heterocycles. The summed E-state index contributed by atoms with van der Waals surface area (Å²) in [4.78, 5) is 21.9. The molecule has 1 N–H and O–H groups in total. The van der Waals surface area contributed by atoms with E-state index in [4.69, 9.17) is 4.74 Å². The molecule has 26 heavy (non-hydrogen) atoms. The average molecular weight is 355 g/mol. The van der Waals surface area contributed by atoms with E-state index in [1.54, 1.807) is 7.11 Å². The lowest BCUT2D eigenvalue weighted by molar-refractivity contribution is -0.137. The minimum absolute atomic E-state index is 0.275. The van der Waals surface area contributed by atoms with Crippen LogP contribution < -0.4 is 9.64 Å². The lowest BCUT2D eigenvalue weighted by Gasteiger charge is -2.40. The van der Waals surface area contributed by atoms with E-state index < -0.39 is 0 Å². The molecule has 0 spiro atoms. The maximum atomic E-state index is 13.5. The molecule has 2 aromatic rings. The van der Waals surface area contributed by atoms with Crippen LogP contribution in [0.2, 0.25) is 0 Å². The van der Waals surface area contributed by atoms with Crippen molar-refractivity contribution in [3.63, 3.8) is 0 Å². The smallest absolute Gasteiger partial charge is 0.233 e. The summed E-state index contributed by atoms with van der Waals surface area (Å²) in [6.45, 7) is 2.99. The van der Waals surface area contributed by atoms with Crippen molar-refractivity contribution in [2.24, 2.45) is 0 Å². The van der Waals surface area contributed by atoms with Gasteiger partial charge in [0.2, 0.25) is 11.9 Å². The number of anilines is 1. The van der Waals surface area contributed by atoms with Gasteiger partial charge in [0.05, 0.1) is 12.5 Å². The van der Waals surface area contributed by atoms with Crippen molar-refractivity contribution in [1.29, 1.82) is 0 Å². The number of ether oxygens (including phenoxy) is 1. The van der Waals surface area contributed by atoms with Crippen molar-refractivity contribution in [3.8, 4) is 5.75 Å². The Kier molecular flexibility index (Phi) is 4.53. The summed E-state index contributed by atoms with van der Waals surface area (Å²) in [6, 6.07) is 8.05. The number of methoxy groups -OCH3 is 1. The number of piperazine rings is 1. The number of carbonyl (C=O) groups is 1. The second-order valence-corrected chi connectivity index (χ2v) is 7.11. The van der Waals surface area contributed by atoms with Crippen LogP contribution in [0.25, 0.3) is 0 Å². The number of aromatic amines is 1. The first-order valence-corrected chi connectivity index (χ1v) is 9.27. The Hall–Kier alpha value is -2.57. The molecule has 1 saturated carbocycles. The summed E-state index contributed by atoms with van der Waals surface area (Å²) in [7, 11) is 1.67. The summed E-state index contributed by atoms with van der Waals surface area (Å²) >= 11 is 0. The molecule has 0 atom stereocenters. The standard InChI is InChI=1S/C19H25N5O2/c1-26-16-6-4-15(5-7-16)19(8-2-3-9-19)17(25)23-10-12-24(13-11-23)18-20-14-21-22-18/h4-7,14H,2-3,8-13H2,1H3,(H,20,21,22). The number of nitrogens with zero attached hydrogens (tertiary/aromatic N) is 4. The van der Waals surface area contributed by atoms with Crippen molar-refractivity contribution in [1.82, 2.24) is 20.1 Å². The van der Waals surface area contributed by atoms with E-state index in [9.17, 15) is 4.79 Å². The highest BCUT2D eigenvalue weighted by atomic mass is 16.5. The Morgan fingerprint density at radius 3 is 2.38 bits per heavy atom. The number of aromatic nitrogens is 3. The Morgan fingerprint density at radius 1 is 1.12 bits per heavy atom. The Balaban J connectivity index is 1.51. The summed E-state index contributed by atoms with van der Waals surface area (Å²) in [5.41, 5.74) is 0.749. The molecule has 1 saturated heterocycles. The third-order valence-corrected chi connectivity index (χ3v) is 5.78. The fourth-order valence-corrected chi connectivity index (χ4v) is 4.29. The van der Waals surface area contributed by atoms with E-state index >= 15 is 0 Å². The van der Waals surface area contributed by atoms with Gasteiger partial charge in [-0.3, -0.25) is 4.79 Å². The van der Waals surface area contributed by atoms with Gasteiger partial charge in [-0.25, -0.2) is 5.10 Å². The molecular weight excluding hydrogens is 330 g/mol. The van der Waals surface area contributed by atoms with Crippen molar-refractivity contribution in [3.05, 3.63) is 36.2 Å². The minimum Gasteiger partial charge on any atom is -0.497 e. The number of nitrogens with one attached hydrogen (secondary N) is 1. The van der Waals surface area contributed by atoms with Gasteiger partial charge in [-0.05, 0) is 30.5 Å². The number of H-pyrrole nitrogens is 1. The minimum atomic E-state index is -0.374. The maximum Gasteiger partial charge on any atom is 0.233 e. The highest BCUT2D eigenvalue weighted by molar-refractivity contribution is 5.89. The molecule has 1 aromatic heterocycles. The van der Waals surface area contributed by atoms with E-state index in [0.29, 0.717) is 0 Å². The number of amides is 1. The molecule has 2 fully saturated rings. The fraction of sp³-hybridized carbons (Fsp3) is 0.526. The number of rotatable bonds is 4. The molecule has 1 aromatic carbocycles. The van der Waals surface area contributed by atoms with Crippen LogP contribution in [0.4, 0.5) is 5.95 Å². The van der Waals surface area contributed by atoms with Gasteiger partial charge in [-0.1, -0.05) is 25.0 Å². The quantitative estimate of drug-likeness (QED) is 0.908. The predicted octanol–water partition coefficient (Wildman–Crippen LogP) is 1.97. The third kappa shape index (κ3) is 2.91. The number of benzene rings is 1. The lowest BCUT2D eigenvalue weighted by atomic mass is 9.77. The Labute approximate surface area is 153 Å². The van der Waals surface area contributed by atoms with Gasteiger partial charge in [0, 0.05) is 26.2 Å². The van der Waals surface area contributed by atoms with Gasteiger partial charge in [0.1, 0.15) is 12.1 Å². The largest absolute Gasteiger partial charge is 0.497 e. The topological polar surface area (TPSA) is 74.3 Å². The van der Waals surface area contributed by atoms with Crippen LogP contribution in [0.5, 0.6) is 5.75 Å². The van der Waals surface area contributed by atoms with E-state index in [1.165, 1.54) is 6.33 Å². The second kappa shape index (κ2) is 6.97. The fourth-order valence-electron chi connectivity index (χ4n) is 4.29. The maximum absolute atomic E-state index is 13.5. The molecule has 138 valence electrons. The van der Waals surface area contributed by atoms with Gasteiger partial charge in [0.25, 0.3) is 0 Å². The zero-order chi connectivity index (χ0) is 18.0. The van der Waals surface area contributed by atoms with Crippen LogP contribution in [0.15, 0.2) is 30.6 Å². The molecule has 2 aliphatic rings. The summed E-state index contributed by atoms with van der Waals surface area (Å²) < 4.78 is 5.27.